The minimum Gasteiger partial charge on any atom is -0.478 e. The van der Waals surface area contributed by atoms with Crippen molar-refractivity contribution >= 4 is 11.5 Å². The molecule has 1 aromatic carbocycles. The van der Waals surface area contributed by atoms with Crippen LogP contribution in [-0.2, 0) is 11.2 Å². The number of aliphatic carboxylic acids is 1. The van der Waals surface area contributed by atoms with Gasteiger partial charge in [-0.05, 0) is 41.5 Å². The van der Waals surface area contributed by atoms with Crippen molar-refractivity contribution in [2.45, 2.75) is 19.8 Å². The number of hydrogen-bond acceptors (Lipinski definition) is 1. The number of carboxylic acids is 1. The predicted octanol–water partition coefficient (Wildman–Crippen LogP) is 2.88. The minimum atomic E-state index is -0.973. The van der Waals surface area contributed by atoms with Crippen LogP contribution in [-0.4, -0.2) is 11.1 Å². The maximum Gasteiger partial charge on any atom is 0.328 e. The minimum absolute atomic E-state index is 0.172. The standard InChI is InChI=1S/C13H13FO2/c1-8-5-6-10-9(3-2-4-12(10)14)11(8)7-13(15)16/h2-4,7-8H,5-6H2,1H3,(H,15,16)/b11-7+. The highest BCUT2D eigenvalue weighted by Gasteiger charge is 2.23. The number of allylic oxidation sites excluding steroid dienone is 1. The molecule has 0 bridgehead atoms. The lowest BCUT2D eigenvalue weighted by molar-refractivity contribution is -0.131. The van der Waals surface area contributed by atoms with Crippen molar-refractivity contribution < 1.29 is 14.3 Å². The lowest BCUT2D eigenvalue weighted by Gasteiger charge is -2.25. The summed E-state index contributed by atoms with van der Waals surface area (Å²) in [6.07, 6.45) is 2.68. The Morgan fingerprint density at radius 1 is 1.56 bits per heavy atom. The maximum atomic E-state index is 13.5. The van der Waals surface area contributed by atoms with Crippen LogP contribution in [0.25, 0.3) is 5.57 Å². The summed E-state index contributed by atoms with van der Waals surface area (Å²) in [6, 6.07) is 4.85. The Labute approximate surface area is 93.4 Å². The summed E-state index contributed by atoms with van der Waals surface area (Å²) < 4.78 is 13.5. The van der Waals surface area contributed by atoms with Gasteiger partial charge in [0.15, 0.2) is 0 Å². The highest BCUT2D eigenvalue weighted by Crippen LogP contribution is 2.36. The Hall–Kier alpha value is -1.64. The van der Waals surface area contributed by atoms with Crippen LogP contribution in [0.1, 0.15) is 24.5 Å². The van der Waals surface area contributed by atoms with Gasteiger partial charge in [-0.15, -0.1) is 0 Å². The molecule has 3 heteroatoms. The van der Waals surface area contributed by atoms with E-state index in [2.05, 4.69) is 0 Å². The largest absolute Gasteiger partial charge is 0.478 e. The molecule has 0 saturated carbocycles. The fourth-order valence-electron chi connectivity index (χ4n) is 2.22. The van der Waals surface area contributed by atoms with Gasteiger partial charge in [0.1, 0.15) is 5.82 Å². The third kappa shape index (κ3) is 1.85. The average molecular weight is 220 g/mol. The first-order valence-corrected chi connectivity index (χ1v) is 5.32. The Balaban J connectivity index is 2.57. The van der Waals surface area contributed by atoms with Crippen LogP contribution in [0.4, 0.5) is 4.39 Å². The number of carboxylic acid groups (broad SMARTS) is 1. The molecule has 0 fully saturated rings. The number of rotatable bonds is 1. The molecule has 1 N–H and O–H groups in total. The van der Waals surface area contributed by atoms with Crippen LogP contribution >= 0.6 is 0 Å². The molecule has 2 nitrogen and oxygen atoms in total. The van der Waals surface area contributed by atoms with E-state index in [-0.39, 0.29) is 11.7 Å². The highest BCUT2D eigenvalue weighted by molar-refractivity contribution is 5.91. The van der Waals surface area contributed by atoms with Gasteiger partial charge in [-0.3, -0.25) is 0 Å². The van der Waals surface area contributed by atoms with Crippen LogP contribution < -0.4 is 0 Å². The monoisotopic (exact) mass is 220 g/mol. The fraction of sp³-hybridized carbons (Fsp3) is 0.308. The second kappa shape index (κ2) is 4.08. The number of hydrogen-bond donors (Lipinski definition) is 1. The zero-order valence-electron chi connectivity index (χ0n) is 9.03. The average Bonchev–Trinajstić information content (AvgIpc) is 2.22. The molecule has 84 valence electrons. The topological polar surface area (TPSA) is 37.3 Å². The first kappa shape index (κ1) is 10.9. The molecule has 0 spiro atoms. The number of carbonyl (C=O) groups is 1. The second-order valence-corrected chi connectivity index (χ2v) is 4.14. The van der Waals surface area contributed by atoms with Gasteiger partial charge in [0, 0.05) is 6.08 Å². The Morgan fingerprint density at radius 2 is 2.31 bits per heavy atom. The molecule has 0 amide bonds. The van der Waals surface area contributed by atoms with Crippen LogP contribution in [0.15, 0.2) is 24.3 Å². The van der Waals surface area contributed by atoms with Crippen LogP contribution in [0, 0.1) is 11.7 Å². The Kier molecular flexibility index (Phi) is 2.77. The van der Waals surface area contributed by atoms with E-state index >= 15 is 0 Å². The predicted molar refractivity (Wildman–Crippen MR) is 59.5 cm³/mol. The zero-order valence-corrected chi connectivity index (χ0v) is 9.03. The van der Waals surface area contributed by atoms with Gasteiger partial charge in [-0.1, -0.05) is 19.1 Å². The molecule has 0 saturated heterocycles. The molecular formula is C13H13FO2. The van der Waals surface area contributed by atoms with Crippen molar-refractivity contribution in [2.75, 3.05) is 0 Å². The van der Waals surface area contributed by atoms with E-state index in [9.17, 15) is 9.18 Å². The summed E-state index contributed by atoms with van der Waals surface area (Å²) in [5.74, 6) is -1.04. The molecule has 1 atom stereocenters. The smallest absolute Gasteiger partial charge is 0.328 e. The normalized spacial score (nSPS) is 21.9. The fourth-order valence-corrected chi connectivity index (χ4v) is 2.22. The molecule has 1 aromatic rings. The number of fused-ring (bicyclic) bond motifs is 1. The second-order valence-electron chi connectivity index (χ2n) is 4.14. The first-order valence-electron chi connectivity index (χ1n) is 5.32. The molecule has 1 unspecified atom stereocenters. The molecule has 0 aromatic heterocycles. The van der Waals surface area contributed by atoms with Crippen LogP contribution in [0.5, 0.6) is 0 Å². The van der Waals surface area contributed by atoms with Crippen molar-refractivity contribution in [1.82, 2.24) is 0 Å². The van der Waals surface area contributed by atoms with Crippen molar-refractivity contribution in [2.24, 2.45) is 5.92 Å². The van der Waals surface area contributed by atoms with Gasteiger partial charge in [0.05, 0.1) is 0 Å². The SMILES string of the molecule is CC1CCc2c(F)cccc2/C1=C/C(=O)O. The Bertz CT molecular complexity index is 463. The summed E-state index contributed by atoms with van der Waals surface area (Å²) in [4.78, 5) is 10.7. The molecule has 1 aliphatic carbocycles. The summed E-state index contributed by atoms with van der Waals surface area (Å²) in [6.45, 7) is 1.97. The maximum absolute atomic E-state index is 13.5. The van der Waals surface area contributed by atoms with E-state index in [0.29, 0.717) is 12.0 Å². The third-order valence-corrected chi connectivity index (χ3v) is 3.07. The number of halogens is 1. The first-order chi connectivity index (χ1) is 7.59. The lowest BCUT2D eigenvalue weighted by atomic mass is 9.80. The number of benzene rings is 1. The quantitative estimate of drug-likeness (QED) is 0.739. The Morgan fingerprint density at radius 3 is 3.00 bits per heavy atom. The summed E-state index contributed by atoms with van der Waals surface area (Å²) in [5.41, 5.74) is 2.13. The van der Waals surface area contributed by atoms with Crippen molar-refractivity contribution in [1.29, 1.82) is 0 Å². The molecule has 16 heavy (non-hydrogen) atoms. The van der Waals surface area contributed by atoms with E-state index in [0.717, 1.165) is 17.6 Å². The van der Waals surface area contributed by atoms with Gasteiger partial charge in [-0.2, -0.15) is 0 Å². The molecule has 1 aliphatic rings. The van der Waals surface area contributed by atoms with E-state index in [1.54, 1.807) is 12.1 Å². The van der Waals surface area contributed by atoms with E-state index in [1.165, 1.54) is 12.1 Å². The van der Waals surface area contributed by atoms with Gasteiger partial charge in [0.25, 0.3) is 0 Å². The molecular weight excluding hydrogens is 207 g/mol. The van der Waals surface area contributed by atoms with E-state index in [4.69, 9.17) is 5.11 Å². The van der Waals surface area contributed by atoms with E-state index < -0.39 is 5.97 Å². The highest BCUT2D eigenvalue weighted by atomic mass is 19.1. The van der Waals surface area contributed by atoms with E-state index in [1.807, 2.05) is 6.92 Å². The molecule has 0 heterocycles. The van der Waals surface area contributed by atoms with Crippen molar-refractivity contribution in [3.63, 3.8) is 0 Å². The zero-order chi connectivity index (χ0) is 11.7. The van der Waals surface area contributed by atoms with Crippen molar-refractivity contribution in [3.05, 3.63) is 41.2 Å². The van der Waals surface area contributed by atoms with Gasteiger partial charge in [-0.25, -0.2) is 9.18 Å². The van der Waals surface area contributed by atoms with Gasteiger partial charge in [0.2, 0.25) is 0 Å². The van der Waals surface area contributed by atoms with Gasteiger partial charge >= 0.3 is 5.97 Å². The molecule has 2 rings (SSSR count). The van der Waals surface area contributed by atoms with Crippen molar-refractivity contribution in [3.8, 4) is 0 Å². The summed E-state index contributed by atoms with van der Waals surface area (Å²) >= 11 is 0. The van der Waals surface area contributed by atoms with Gasteiger partial charge < -0.3 is 5.11 Å². The summed E-state index contributed by atoms with van der Waals surface area (Å²) in [5, 5.41) is 8.81. The molecule has 0 radical (unpaired) electrons. The van der Waals surface area contributed by atoms with Crippen LogP contribution in [0.3, 0.4) is 0 Å². The molecule has 0 aliphatic heterocycles. The summed E-state index contributed by atoms with van der Waals surface area (Å²) in [7, 11) is 0. The van der Waals surface area contributed by atoms with Crippen LogP contribution in [0.2, 0.25) is 0 Å². The third-order valence-electron chi connectivity index (χ3n) is 3.07. The lowest BCUT2D eigenvalue weighted by Crippen LogP contribution is -2.13.